The van der Waals surface area contributed by atoms with Crippen molar-refractivity contribution in [2.24, 2.45) is 5.73 Å². The summed E-state index contributed by atoms with van der Waals surface area (Å²) in [6, 6.07) is 12.5. The van der Waals surface area contributed by atoms with E-state index in [0.717, 1.165) is 9.79 Å². The number of hydrogen-bond acceptors (Lipinski definition) is 3. The number of nitrogen functional groups attached to an aromatic ring is 1. The number of amides is 1. The fourth-order valence-corrected chi connectivity index (χ4v) is 2.61. The van der Waals surface area contributed by atoms with Gasteiger partial charge in [0.1, 0.15) is 0 Å². The number of carbonyl (C=O) groups is 1. The Morgan fingerprint density at radius 3 is 2.56 bits per heavy atom. The number of primary amides is 1. The second-order valence-corrected chi connectivity index (χ2v) is 5.23. The average Bonchev–Trinajstić information content (AvgIpc) is 2.31. The van der Waals surface area contributed by atoms with Crippen LogP contribution in [-0.4, -0.2) is 5.91 Å². The summed E-state index contributed by atoms with van der Waals surface area (Å²) in [6.45, 7) is 0. The largest absolute Gasteiger partial charge is 0.398 e. The molecule has 0 radical (unpaired) electrons. The zero-order chi connectivity index (χ0) is 13.1. The first-order chi connectivity index (χ1) is 8.56. The van der Waals surface area contributed by atoms with Crippen LogP contribution in [0.3, 0.4) is 0 Å². The molecule has 0 fully saturated rings. The monoisotopic (exact) mass is 278 g/mol. The van der Waals surface area contributed by atoms with Gasteiger partial charge in [0.25, 0.3) is 0 Å². The predicted molar refractivity (Wildman–Crippen MR) is 74.9 cm³/mol. The Balaban J connectivity index is 2.27. The van der Waals surface area contributed by atoms with Crippen LogP contribution in [0.2, 0.25) is 5.02 Å². The molecular formula is C13H11ClN2OS. The van der Waals surface area contributed by atoms with Crippen LogP contribution < -0.4 is 11.5 Å². The van der Waals surface area contributed by atoms with Crippen molar-refractivity contribution < 1.29 is 4.79 Å². The van der Waals surface area contributed by atoms with E-state index >= 15 is 0 Å². The highest BCUT2D eigenvalue weighted by atomic mass is 35.5. The smallest absolute Gasteiger partial charge is 0.248 e. The molecule has 2 aromatic carbocycles. The van der Waals surface area contributed by atoms with Crippen LogP contribution >= 0.6 is 23.4 Å². The number of anilines is 1. The molecule has 3 nitrogen and oxygen atoms in total. The fourth-order valence-electron chi connectivity index (χ4n) is 1.45. The molecule has 0 atom stereocenters. The molecule has 0 aliphatic heterocycles. The molecule has 2 rings (SSSR count). The number of carbonyl (C=O) groups excluding carboxylic acids is 1. The summed E-state index contributed by atoms with van der Waals surface area (Å²) in [5.41, 5.74) is 12.0. The van der Waals surface area contributed by atoms with Crippen molar-refractivity contribution >= 4 is 35.0 Å². The van der Waals surface area contributed by atoms with E-state index in [-0.39, 0.29) is 0 Å². The minimum atomic E-state index is -0.485. The molecule has 5 heteroatoms. The minimum Gasteiger partial charge on any atom is -0.398 e. The summed E-state index contributed by atoms with van der Waals surface area (Å²) in [6.07, 6.45) is 0. The van der Waals surface area contributed by atoms with E-state index in [2.05, 4.69) is 0 Å². The van der Waals surface area contributed by atoms with Gasteiger partial charge in [-0.1, -0.05) is 29.4 Å². The van der Waals surface area contributed by atoms with E-state index in [1.165, 1.54) is 11.8 Å². The van der Waals surface area contributed by atoms with Crippen LogP contribution in [0.5, 0.6) is 0 Å². The van der Waals surface area contributed by atoms with Crippen LogP contribution in [0.25, 0.3) is 0 Å². The molecule has 2 aromatic rings. The molecule has 18 heavy (non-hydrogen) atoms. The van der Waals surface area contributed by atoms with Crippen molar-refractivity contribution in [2.45, 2.75) is 9.79 Å². The number of rotatable bonds is 3. The molecule has 0 unspecified atom stereocenters. The minimum absolute atomic E-state index is 0.406. The Bertz CT molecular complexity index is 601. The van der Waals surface area contributed by atoms with Gasteiger partial charge in [-0.15, -0.1) is 0 Å². The molecule has 0 aromatic heterocycles. The van der Waals surface area contributed by atoms with Crippen LogP contribution in [-0.2, 0) is 0 Å². The lowest BCUT2D eigenvalue weighted by Crippen LogP contribution is -2.11. The Kier molecular flexibility index (Phi) is 3.79. The topological polar surface area (TPSA) is 69.1 Å². The van der Waals surface area contributed by atoms with Crippen LogP contribution in [0, 0.1) is 0 Å². The zero-order valence-electron chi connectivity index (χ0n) is 9.39. The van der Waals surface area contributed by atoms with Crippen LogP contribution in [0.4, 0.5) is 5.69 Å². The highest BCUT2D eigenvalue weighted by Gasteiger charge is 2.06. The molecule has 0 saturated carbocycles. The first-order valence-corrected chi connectivity index (χ1v) is 6.38. The summed E-state index contributed by atoms with van der Waals surface area (Å²) < 4.78 is 0. The second-order valence-electron chi connectivity index (χ2n) is 3.68. The Morgan fingerprint density at radius 2 is 1.94 bits per heavy atom. The number of nitrogens with two attached hydrogens (primary N) is 2. The van der Waals surface area contributed by atoms with Gasteiger partial charge in [0.15, 0.2) is 0 Å². The van der Waals surface area contributed by atoms with Gasteiger partial charge >= 0.3 is 0 Å². The first-order valence-electron chi connectivity index (χ1n) is 5.19. The van der Waals surface area contributed by atoms with Gasteiger partial charge in [0.2, 0.25) is 5.91 Å². The summed E-state index contributed by atoms with van der Waals surface area (Å²) >= 11 is 7.40. The fraction of sp³-hybridized carbons (Fsp3) is 0. The van der Waals surface area contributed by atoms with E-state index in [4.69, 9.17) is 23.1 Å². The lowest BCUT2D eigenvalue weighted by atomic mass is 10.2. The second kappa shape index (κ2) is 5.33. The van der Waals surface area contributed by atoms with Crippen molar-refractivity contribution in [3.63, 3.8) is 0 Å². The molecule has 0 heterocycles. The maximum Gasteiger partial charge on any atom is 0.248 e. The van der Waals surface area contributed by atoms with Crippen LogP contribution in [0.1, 0.15) is 10.4 Å². The van der Waals surface area contributed by atoms with Gasteiger partial charge in [0, 0.05) is 26.1 Å². The molecule has 92 valence electrons. The molecule has 0 aliphatic rings. The van der Waals surface area contributed by atoms with Crippen molar-refractivity contribution in [1.29, 1.82) is 0 Å². The maximum absolute atomic E-state index is 11.0. The van der Waals surface area contributed by atoms with E-state index in [9.17, 15) is 4.79 Å². The van der Waals surface area contributed by atoms with Gasteiger partial charge in [-0.05, 0) is 36.4 Å². The third-order valence-electron chi connectivity index (χ3n) is 2.32. The summed E-state index contributed by atoms with van der Waals surface area (Å²) in [5, 5.41) is 0.673. The maximum atomic E-state index is 11.0. The highest BCUT2D eigenvalue weighted by molar-refractivity contribution is 7.99. The van der Waals surface area contributed by atoms with E-state index in [0.29, 0.717) is 16.3 Å². The number of benzene rings is 2. The summed E-state index contributed by atoms with van der Waals surface area (Å²) in [5.74, 6) is -0.485. The SMILES string of the molecule is NC(=O)c1ccc(Sc2cccc(Cl)c2)c(N)c1. The Hall–Kier alpha value is -1.65. The van der Waals surface area contributed by atoms with E-state index in [1.807, 2.05) is 24.3 Å². The highest BCUT2D eigenvalue weighted by Crippen LogP contribution is 2.33. The molecule has 4 N–H and O–H groups in total. The van der Waals surface area contributed by atoms with Gasteiger partial charge in [-0.25, -0.2) is 0 Å². The van der Waals surface area contributed by atoms with Gasteiger partial charge < -0.3 is 11.5 Å². The number of halogens is 1. The predicted octanol–water partition coefficient (Wildman–Crippen LogP) is 3.17. The van der Waals surface area contributed by atoms with Gasteiger partial charge in [-0.2, -0.15) is 0 Å². The third-order valence-corrected chi connectivity index (χ3v) is 3.63. The van der Waals surface area contributed by atoms with Crippen molar-refractivity contribution in [3.05, 3.63) is 53.1 Å². The van der Waals surface area contributed by atoms with Crippen molar-refractivity contribution in [2.75, 3.05) is 5.73 Å². The molecule has 1 amide bonds. The summed E-state index contributed by atoms with van der Waals surface area (Å²) in [7, 11) is 0. The van der Waals surface area contributed by atoms with Gasteiger partial charge in [-0.3, -0.25) is 4.79 Å². The lowest BCUT2D eigenvalue weighted by Gasteiger charge is -2.07. The molecule has 0 aliphatic carbocycles. The van der Waals surface area contributed by atoms with E-state index in [1.54, 1.807) is 18.2 Å². The van der Waals surface area contributed by atoms with Crippen molar-refractivity contribution in [3.8, 4) is 0 Å². The molecule has 0 bridgehead atoms. The third kappa shape index (κ3) is 2.97. The number of hydrogen-bond donors (Lipinski definition) is 2. The molecule has 0 spiro atoms. The van der Waals surface area contributed by atoms with Crippen molar-refractivity contribution in [1.82, 2.24) is 0 Å². The molecular weight excluding hydrogens is 268 g/mol. The van der Waals surface area contributed by atoms with Gasteiger partial charge in [0.05, 0.1) is 0 Å². The Labute approximate surface area is 114 Å². The van der Waals surface area contributed by atoms with Crippen LogP contribution in [0.15, 0.2) is 52.3 Å². The standard InChI is InChI=1S/C13H11ClN2OS/c14-9-2-1-3-10(7-9)18-12-5-4-8(13(16)17)6-11(12)15/h1-7H,15H2,(H2,16,17). The Morgan fingerprint density at radius 1 is 1.17 bits per heavy atom. The lowest BCUT2D eigenvalue weighted by molar-refractivity contribution is 0.100. The first kappa shape index (κ1) is 12.8. The molecule has 0 saturated heterocycles. The average molecular weight is 279 g/mol. The normalized spacial score (nSPS) is 10.3. The quantitative estimate of drug-likeness (QED) is 0.847. The van der Waals surface area contributed by atoms with E-state index < -0.39 is 5.91 Å². The summed E-state index contributed by atoms with van der Waals surface area (Å²) in [4.78, 5) is 12.9. The zero-order valence-corrected chi connectivity index (χ0v) is 11.0.